The normalized spacial score (nSPS) is 17.7. The van der Waals surface area contributed by atoms with E-state index < -0.39 is 22.8 Å². The fraction of sp³-hybridized carbons (Fsp3) is 0.200. The second-order valence-corrected chi connectivity index (χ2v) is 8.62. The number of amidine groups is 1. The molecule has 5 rings (SSSR count). The van der Waals surface area contributed by atoms with Crippen LogP contribution in [0.1, 0.15) is 6.92 Å². The van der Waals surface area contributed by atoms with Crippen LogP contribution in [0.25, 0.3) is 22.2 Å². The molecule has 0 fully saturated rings. The topological polar surface area (TPSA) is 91.8 Å². The Labute approximate surface area is 198 Å². The molecule has 0 aliphatic carbocycles. The Balaban J connectivity index is 1.43. The Kier molecular flexibility index (Phi) is 5.81. The second kappa shape index (κ2) is 8.95. The minimum absolute atomic E-state index is 0.0900. The molecular formula is C25H21F3N4O3. The highest BCUT2D eigenvalue weighted by molar-refractivity contribution is 5.98. The van der Waals surface area contributed by atoms with Gasteiger partial charge in [-0.15, -0.1) is 0 Å². The summed E-state index contributed by atoms with van der Waals surface area (Å²) in [5.74, 6) is -2.67. The summed E-state index contributed by atoms with van der Waals surface area (Å²) >= 11 is 0. The molecule has 0 spiro atoms. The number of pyridine rings is 1. The van der Waals surface area contributed by atoms with Crippen molar-refractivity contribution < 1.29 is 27.8 Å². The molecular weight excluding hydrogens is 461 g/mol. The van der Waals surface area contributed by atoms with Gasteiger partial charge in [0.15, 0.2) is 17.4 Å². The lowest BCUT2D eigenvalue weighted by Gasteiger charge is -2.30. The second-order valence-electron chi connectivity index (χ2n) is 8.62. The van der Waals surface area contributed by atoms with Crippen molar-refractivity contribution in [3.05, 3.63) is 72.3 Å². The van der Waals surface area contributed by atoms with E-state index in [4.69, 9.17) is 9.47 Å². The van der Waals surface area contributed by atoms with E-state index in [0.29, 0.717) is 28.7 Å². The van der Waals surface area contributed by atoms with Crippen LogP contribution in [0.2, 0.25) is 0 Å². The van der Waals surface area contributed by atoms with Crippen LogP contribution < -0.4 is 10.1 Å². The van der Waals surface area contributed by atoms with Gasteiger partial charge in [-0.2, -0.15) is 0 Å². The summed E-state index contributed by atoms with van der Waals surface area (Å²) < 4.78 is 54.4. The van der Waals surface area contributed by atoms with Gasteiger partial charge in [-0.05, 0) is 23.8 Å². The lowest BCUT2D eigenvalue weighted by Crippen LogP contribution is -2.38. The highest BCUT2D eigenvalue weighted by Crippen LogP contribution is 2.38. The summed E-state index contributed by atoms with van der Waals surface area (Å²) in [6, 6.07) is 9.57. The van der Waals surface area contributed by atoms with Crippen molar-refractivity contribution in [2.45, 2.75) is 6.92 Å². The summed E-state index contributed by atoms with van der Waals surface area (Å²) in [4.78, 5) is 11.4. The fourth-order valence-electron chi connectivity index (χ4n) is 3.70. The SMILES string of the molecule is CC1(CO)CN=C(Nc2cc(F)c(Oc3ccnc4[nH]cc(-c5ccc(F)cc5)c34)c(F)c2)OC1. The first kappa shape index (κ1) is 22.7. The summed E-state index contributed by atoms with van der Waals surface area (Å²) in [6.45, 7) is 2.25. The first-order chi connectivity index (χ1) is 16.8. The van der Waals surface area contributed by atoms with Crippen LogP contribution in [0.5, 0.6) is 11.5 Å². The number of nitrogens with one attached hydrogen (secondary N) is 2. The van der Waals surface area contributed by atoms with Crippen LogP contribution >= 0.6 is 0 Å². The molecule has 35 heavy (non-hydrogen) atoms. The predicted octanol–water partition coefficient (Wildman–Crippen LogP) is 5.24. The van der Waals surface area contributed by atoms with Gasteiger partial charge in [0.2, 0.25) is 0 Å². The van der Waals surface area contributed by atoms with E-state index in [1.54, 1.807) is 18.3 Å². The maximum Gasteiger partial charge on any atom is 0.289 e. The van der Waals surface area contributed by atoms with E-state index in [2.05, 4.69) is 20.3 Å². The molecule has 2 aromatic carbocycles. The van der Waals surface area contributed by atoms with Crippen LogP contribution in [0, 0.1) is 22.9 Å². The third-order valence-corrected chi connectivity index (χ3v) is 5.70. The highest BCUT2D eigenvalue weighted by atomic mass is 19.1. The van der Waals surface area contributed by atoms with Crippen molar-refractivity contribution in [2.24, 2.45) is 10.4 Å². The number of aliphatic hydroxyl groups excluding tert-OH is 1. The van der Waals surface area contributed by atoms with Crippen LogP contribution in [0.4, 0.5) is 18.9 Å². The van der Waals surface area contributed by atoms with Crippen molar-refractivity contribution in [1.29, 1.82) is 0 Å². The Hall–Kier alpha value is -4.05. The van der Waals surface area contributed by atoms with E-state index in [9.17, 15) is 18.3 Å². The van der Waals surface area contributed by atoms with Gasteiger partial charge in [-0.25, -0.2) is 23.1 Å². The van der Waals surface area contributed by atoms with Crippen LogP contribution in [-0.2, 0) is 4.74 Å². The monoisotopic (exact) mass is 482 g/mol. The number of halogens is 3. The van der Waals surface area contributed by atoms with Crippen molar-refractivity contribution in [1.82, 2.24) is 9.97 Å². The van der Waals surface area contributed by atoms with Crippen LogP contribution in [0.15, 0.2) is 59.9 Å². The summed E-state index contributed by atoms with van der Waals surface area (Å²) in [5.41, 5.74) is 1.36. The molecule has 0 amide bonds. The fourth-order valence-corrected chi connectivity index (χ4v) is 3.70. The van der Waals surface area contributed by atoms with E-state index >= 15 is 0 Å². The predicted molar refractivity (Wildman–Crippen MR) is 125 cm³/mol. The van der Waals surface area contributed by atoms with Gasteiger partial charge in [-0.3, -0.25) is 0 Å². The van der Waals surface area contributed by atoms with E-state index in [1.165, 1.54) is 24.4 Å². The molecule has 1 aliphatic heterocycles. The molecule has 1 aliphatic rings. The minimum Gasteiger partial charge on any atom is -0.464 e. The number of hydrogen-bond acceptors (Lipinski definition) is 6. The number of nitrogens with zero attached hydrogens (tertiary/aromatic N) is 2. The lowest BCUT2D eigenvalue weighted by molar-refractivity contribution is 0.0706. The molecule has 0 saturated heterocycles. The third kappa shape index (κ3) is 4.52. The number of aliphatic imine (C=N–C) groups is 1. The van der Waals surface area contributed by atoms with Crippen molar-refractivity contribution in [3.8, 4) is 22.6 Å². The Morgan fingerprint density at radius 3 is 2.54 bits per heavy atom. The standard InChI is InChI=1S/C25H21F3N4O3/c1-25(12-33)11-31-24(34-13-25)32-16-8-18(27)22(19(28)9-16)35-20-6-7-29-23-21(20)17(10-30-23)14-2-4-15(26)5-3-14/h2-10,33H,11-13H2,1H3,(H,29,30)(H,31,32). The number of benzene rings is 2. The lowest BCUT2D eigenvalue weighted by atomic mass is 9.93. The molecule has 4 aromatic rings. The molecule has 180 valence electrons. The van der Waals surface area contributed by atoms with Gasteiger partial charge < -0.3 is 24.9 Å². The highest BCUT2D eigenvalue weighted by Gasteiger charge is 2.29. The smallest absolute Gasteiger partial charge is 0.289 e. The number of anilines is 1. The molecule has 1 atom stereocenters. The van der Waals surface area contributed by atoms with Gasteiger partial charge in [0.05, 0.1) is 18.5 Å². The number of aromatic nitrogens is 2. The Bertz CT molecular complexity index is 1400. The zero-order valence-electron chi connectivity index (χ0n) is 18.6. The van der Waals surface area contributed by atoms with E-state index in [1.807, 2.05) is 6.92 Å². The summed E-state index contributed by atoms with van der Waals surface area (Å²) in [5, 5.41) is 12.6. The van der Waals surface area contributed by atoms with Gasteiger partial charge >= 0.3 is 0 Å². The van der Waals surface area contributed by atoms with Crippen molar-refractivity contribution in [3.63, 3.8) is 0 Å². The number of aromatic amines is 1. The number of H-pyrrole nitrogens is 1. The van der Waals surface area contributed by atoms with Gasteiger partial charge in [0.1, 0.15) is 23.8 Å². The molecule has 3 N–H and O–H groups in total. The maximum atomic E-state index is 14.9. The van der Waals surface area contributed by atoms with Crippen LogP contribution in [-0.4, -0.2) is 40.9 Å². The van der Waals surface area contributed by atoms with Gasteiger partial charge in [0.25, 0.3) is 6.02 Å². The third-order valence-electron chi connectivity index (χ3n) is 5.70. The first-order valence-corrected chi connectivity index (χ1v) is 10.8. The molecule has 0 radical (unpaired) electrons. The molecule has 7 nitrogen and oxygen atoms in total. The zero-order chi connectivity index (χ0) is 24.6. The van der Waals surface area contributed by atoms with E-state index in [0.717, 1.165) is 12.1 Å². The average molecular weight is 482 g/mol. The summed E-state index contributed by atoms with van der Waals surface area (Å²) in [7, 11) is 0. The Morgan fingerprint density at radius 1 is 1.14 bits per heavy atom. The molecule has 2 aromatic heterocycles. The molecule has 0 bridgehead atoms. The first-order valence-electron chi connectivity index (χ1n) is 10.8. The van der Waals surface area contributed by atoms with Crippen molar-refractivity contribution in [2.75, 3.05) is 25.1 Å². The number of hydrogen-bond donors (Lipinski definition) is 3. The molecule has 10 heteroatoms. The maximum absolute atomic E-state index is 14.9. The molecule has 0 saturated carbocycles. The quantitative estimate of drug-likeness (QED) is 0.362. The number of rotatable bonds is 5. The van der Waals surface area contributed by atoms with Gasteiger partial charge in [0, 0.05) is 41.2 Å². The van der Waals surface area contributed by atoms with Crippen molar-refractivity contribution >= 4 is 22.7 Å². The van der Waals surface area contributed by atoms with Crippen LogP contribution in [0.3, 0.4) is 0 Å². The number of ether oxygens (including phenoxy) is 2. The molecule has 3 heterocycles. The summed E-state index contributed by atoms with van der Waals surface area (Å²) in [6.07, 6.45) is 3.12. The largest absolute Gasteiger partial charge is 0.464 e. The number of fused-ring (bicyclic) bond motifs is 1. The minimum atomic E-state index is -0.937. The molecule has 1 unspecified atom stereocenters. The average Bonchev–Trinajstić information content (AvgIpc) is 3.29. The Morgan fingerprint density at radius 2 is 1.89 bits per heavy atom. The zero-order valence-corrected chi connectivity index (χ0v) is 18.6. The van der Waals surface area contributed by atoms with E-state index in [-0.39, 0.29) is 36.5 Å². The number of aliphatic hydroxyl groups is 1. The van der Waals surface area contributed by atoms with Gasteiger partial charge in [-0.1, -0.05) is 19.1 Å².